The first kappa shape index (κ1) is 24.6. The van der Waals surface area contributed by atoms with Gasteiger partial charge in [-0.15, -0.1) is 0 Å². The molecule has 8 nitrogen and oxygen atoms in total. The number of likely N-dealkylation sites (N-methyl/N-ethyl adjacent to an activating group) is 1. The molecule has 0 saturated carbocycles. The zero-order chi connectivity index (χ0) is 21.5. The van der Waals surface area contributed by atoms with Gasteiger partial charge in [0.1, 0.15) is 0 Å². The highest BCUT2D eigenvalue weighted by Gasteiger charge is 2.24. The van der Waals surface area contributed by atoms with Gasteiger partial charge in [-0.25, -0.2) is 0 Å². The molecular formula is C21H33N3O5. The summed E-state index contributed by atoms with van der Waals surface area (Å²) < 4.78 is 0. The SMILES string of the molecule is CN1CCCCCC1C(=O)NCCN1CCc2ccccc2C1.O=CO.O=CO. The minimum absolute atomic E-state index is 0.0691. The fraction of sp³-hybridized carbons (Fsp3) is 0.571. The molecule has 1 atom stereocenters. The maximum atomic E-state index is 12.4. The molecule has 2 aliphatic rings. The molecule has 1 unspecified atom stereocenters. The van der Waals surface area contributed by atoms with E-state index in [2.05, 4.69) is 46.4 Å². The molecule has 1 aromatic rings. The van der Waals surface area contributed by atoms with E-state index in [0.29, 0.717) is 0 Å². The second kappa shape index (κ2) is 14.5. The molecule has 0 radical (unpaired) electrons. The Morgan fingerprint density at radius 3 is 2.45 bits per heavy atom. The molecule has 162 valence electrons. The molecule has 3 N–H and O–H groups in total. The third-order valence-corrected chi connectivity index (χ3v) is 5.26. The Balaban J connectivity index is 0.000000626. The van der Waals surface area contributed by atoms with Gasteiger partial charge in [-0.1, -0.05) is 37.1 Å². The number of rotatable bonds is 4. The van der Waals surface area contributed by atoms with Crippen LogP contribution in [0.2, 0.25) is 0 Å². The van der Waals surface area contributed by atoms with Crippen molar-refractivity contribution in [1.82, 2.24) is 15.1 Å². The number of amides is 1. The smallest absolute Gasteiger partial charge is 0.290 e. The number of fused-ring (bicyclic) bond motifs is 1. The number of hydrogen-bond donors (Lipinski definition) is 3. The van der Waals surface area contributed by atoms with Gasteiger partial charge in [-0.05, 0) is 44.0 Å². The van der Waals surface area contributed by atoms with Crippen molar-refractivity contribution in [2.24, 2.45) is 0 Å². The molecule has 2 aliphatic heterocycles. The molecule has 1 aromatic carbocycles. The van der Waals surface area contributed by atoms with Crippen molar-refractivity contribution in [3.63, 3.8) is 0 Å². The standard InChI is InChI=1S/C19H29N3O.2CH2O2/c1-21-12-6-2-3-9-18(21)19(23)20-11-14-22-13-10-16-7-4-5-8-17(16)15-22;2*2-1-3/h4-5,7-8,18H,2-3,6,9-15H2,1H3,(H,20,23);2*1H,(H,2,3). The van der Waals surface area contributed by atoms with Gasteiger partial charge in [0.25, 0.3) is 12.9 Å². The number of hydrogen-bond acceptors (Lipinski definition) is 5. The highest BCUT2D eigenvalue weighted by Crippen LogP contribution is 2.18. The first-order valence-electron chi connectivity index (χ1n) is 10.00. The summed E-state index contributed by atoms with van der Waals surface area (Å²) in [6, 6.07) is 8.76. The molecule has 1 amide bonds. The van der Waals surface area contributed by atoms with Crippen LogP contribution in [-0.2, 0) is 27.3 Å². The first-order chi connectivity index (χ1) is 14.1. The molecule has 2 heterocycles. The fourth-order valence-electron chi connectivity index (χ4n) is 3.78. The van der Waals surface area contributed by atoms with Gasteiger partial charge in [0.15, 0.2) is 0 Å². The lowest BCUT2D eigenvalue weighted by Crippen LogP contribution is -2.47. The minimum Gasteiger partial charge on any atom is -0.483 e. The quantitative estimate of drug-likeness (QED) is 0.648. The normalized spacial score (nSPS) is 19.1. The monoisotopic (exact) mass is 407 g/mol. The Bertz CT molecular complexity index is 620. The van der Waals surface area contributed by atoms with Crippen LogP contribution in [-0.4, -0.2) is 78.1 Å². The van der Waals surface area contributed by atoms with Crippen LogP contribution in [0.5, 0.6) is 0 Å². The number of carbonyl (C=O) groups is 3. The largest absolute Gasteiger partial charge is 0.483 e. The first-order valence-corrected chi connectivity index (χ1v) is 10.00. The van der Waals surface area contributed by atoms with Crippen LogP contribution in [0.1, 0.15) is 36.8 Å². The predicted molar refractivity (Wildman–Crippen MR) is 111 cm³/mol. The van der Waals surface area contributed by atoms with Gasteiger partial charge in [0.2, 0.25) is 5.91 Å². The topological polar surface area (TPSA) is 110 Å². The summed E-state index contributed by atoms with van der Waals surface area (Å²) in [7, 11) is 2.08. The molecule has 0 spiro atoms. The number of nitrogens with one attached hydrogen (secondary N) is 1. The Morgan fingerprint density at radius 2 is 1.76 bits per heavy atom. The molecule has 3 rings (SSSR count). The van der Waals surface area contributed by atoms with Crippen molar-refractivity contribution in [2.45, 2.75) is 44.7 Å². The molecular weight excluding hydrogens is 374 g/mol. The lowest BCUT2D eigenvalue weighted by atomic mass is 10.00. The van der Waals surface area contributed by atoms with Gasteiger partial charge in [-0.2, -0.15) is 0 Å². The molecule has 29 heavy (non-hydrogen) atoms. The molecule has 1 saturated heterocycles. The zero-order valence-corrected chi connectivity index (χ0v) is 17.1. The number of carbonyl (C=O) groups excluding carboxylic acids is 1. The Kier molecular flexibility index (Phi) is 12.3. The second-order valence-corrected chi connectivity index (χ2v) is 7.14. The lowest BCUT2D eigenvalue weighted by molar-refractivity contribution is -0.126. The van der Waals surface area contributed by atoms with Crippen LogP contribution < -0.4 is 5.32 Å². The Morgan fingerprint density at radius 1 is 1.10 bits per heavy atom. The summed E-state index contributed by atoms with van der Waals surface area (Å²) in [6.45, 7) is 4.34. The molecule has 0 aromatic heterocycles. The van der Waals surface area contributed by atoms with E-state index in [4.69, 9.17) is 19.8 Å². The van der Waals surface area contributed by atoms with Crippen LogP contribution in [0, 0.1) is 0 Å². The van der Waals surface area contributed by atoms with Crippen molar-refractivity contribution < 1.29 is 24.6 Å². The van der Waals surface area contributed by atoms with E-state index in [1.54, 1.807) is 0 Å². The molecule has 1 fully saturated rings. The number of carboxylic acid groups (broad SMARTS) is 2. The summed E-state index contributed by atoms with van der Waals surface area (Å²) in [6.07, 6.45) is 5.76. The lowest BCUT2D eigenvalue weighted by Gasteiger charge is -2.29. The van der Waals surface area contributed by atoms with E-state index in [9.17, 15) is 4.79 Å². The van der Waals surface area contributed by atoms with Crippen molar-refractivity contribution in [3.8, 4) is 0 Å². The van der Waals surface area contributed by atoms with Crippen LogP contribution >= 0.6 is 0 Å². The average Bonchev–Trinajstić information content (AvgIpc) is 2.93. The van der Waals surface area contributed by atoms with E-state index >= 15 is 0 Å². The summed E-state index contributed by atoms with van der Waals surface area (Å²) in [5, 5.41) is 16.9. The van der Waals surface area contributed by atoms with Gasteiger partial charge >= 0.3 is 0 Å². The van der Waals surface area contributed by atoms with Gasteiger partial charge < -0.3 is 15.5 Å². The average molecular weight is 408 g/mol. The number of benzene rings is 1. The van der Waals surface area contributed by atoms with Crippen molar-refractivity contribution in [2.75, 3.05) is 33.2 Å². The van der Waals surface area contributed by atoms with E-state index < -0.39 is 0 Å². The van der Waals surface area contributed by atoms with E-state index in [0.717, 1.165) is 45.6 Å². The van der Waals surface area contributed by atoms with Gasteiger partial charge in [0.05, 0.1) is 6.04 Å². The van der Waals surface area contributed by atoms with Crippen molar-refractivity contribution >= 4 is 18.9 Å². The van der Waals surface area contributed by atoms with E-state index in [1.165, 1.54) is 30.4 Å². The van der Waals surface area contributed by atoms with Crippen LogP contribution in [0.15, 0.2) is 24.3 Å². The van der Waals surface area contributed by atoms with Gasteiger partial charge in [-0.3, -0.25) is 24.2 Å². The van der Waals surface area contributed by atoms with E-state index in [-0.39, 0.29) is 24.9 Å². The summed E-state index contributed by atoms with van der Waals surface area (Å²) >= 11 is 0. The minimum atomic E-state index is -0.250. The van der Waals surface area contributed by atoms with Crippen LogP contribution in [0.4, 0.5) is 0 Å². The summed E-state index contributed by atoms with van der Waals surface area (Å²) in [5.74, 6) is 0.215. The summed E-state index contributed by atoms with van der Waals surface area (Å²) in [4.78, 5) is 33.8. The second-order valence-electron chi connectivity index (χ2n) is 7.14. The molecule has 0 aliphatic carbocycles. The van der Waals surface area contributed by atoms with Gasteiger partial charge in [0, 0.05) is 26.2 Å². The third-order valence-electron chi connectivity index (χ3n) is 5.26. The Hall–Kier alpha value is -2.45. The van der Waals surface area contributed by atoms with E-state index in [1.807, 2.05) is 0 Å². The van der Waals surface area contributed by atoms with Crippen LogP contribution in [0.25, 0.3) is 0 Å². The predicted octanol–water partition coefficient (Wildman–Crippen LogP) is 1.44. The number of nitrogens with zero attached hydrogens (tertiary/aromatic N) is 2. The molecule has 0 bridgehead atoms. The van der Waals surface area contributed by atoms with Crippen molar-refractivity contribution in [1.29, 1.82) is 0 Å². The maximum Gasteiger partial charge on any atom is 0.290 e. The third kappa shape index (κ3) is 9.06. The van der Waals surface area contributed by atoms with Crippen molar-refractivity contribution in [3.05, 3.63) is 35.4 Å². The fourth-order valence-corrected chi connectivity index (χ4v) is 3.78. The number of likely N-dealkylation sites (tertiary alicyclic amines) is 1. The zero-order valence-electron chi connectivity index (χ0n) is 17.1. The summed E-state index contributed by atoms with van der Waals surface area (Å²) in [5.41, 5.74) is 2.92. The van der Waals surface area contributed by atoms with Crippen LogP contribution in [0.3, 0.4) is 0 Å². The maximum absolute atomic E-state index is 12.4. The highest BCUT2D eigenvalue weighted by molar-refractivity contribution is 5.81. The highest BCUT2D eigenvalue weighted by atomic mass is 16.3. The molecule has 8 heteroatoms. The Labute approximate surface area is 172 Å².